The average Bonchev–Trinajstić information content (AvgIpc) is 2.71. The molecule has 28 heavy (non-hydrogen) atoms. The molecule has 1 heterocycles. The van der Waals surface area contributed by atoms with Gasteiger partial charge in [-0.05, 0) is 24.1 Å². The Morgan fingerprint density at radius 3 is 2.18 bits per heavy atom. The van der Waals surface area contributed by atoms with Crippen molar-refractivity contribution in [1.29, 1.82) is 0 Å². The molecule has 0 saturated carbocycles. The third-order valence-electron chi connectivity index (χ3n) is 4.86. The van der Waals surface area contributed by atoms with Crippen LogP contribution in [0.4, 0.5) is 5.69 Å². The summed E-state index contributed by atoms with van der Waals surface area (Å²) in [6.07, 6.45) is 0.802. The molecule has 0 radical (unpaired) electrons. The molecular formula is C21H27N3O3S. The third-order valence-corrected chi connectivity index (χ3v) is 6.47. The number of rotatable bonds is 8. The largest absolute Gasteiger partial charge is 0.385 e. The number of carbonyl (C=O) groups is 1. The lowest BCUT2D eigenvalue weighted by atomic mass is 10.0. The maximum absolute atomic E-state index is 12.9. The minimum atomic E-state index is -2.99. The number of nitrogens with one attached hydrogen (secondary N) is 2. The monoisotopic (exact) mass is 401 g/mol. The highest BCUT2D eigenvalue weighted by atomic mass is 32.2. The first-order valence-corrected chi connectivity index (χ1v) is 11.4. The Kier molecular flexibility index (Phi) is 7.06. The lowest BCUT2D eigenvalue weighted by Gasteiger charge is -2.33. The molecule has 150 valence electrons. The molecule has 0 spiro atoms. The number of benzene rings is 2. The van der Waals surface area contributed by atoms with E-state index < -0.39 is 15.9 Å². The topological polar surface area (TPSA) is 78.5 Å². The highest BCUT2D eigenvalue weighted by Gasteiger charge is 2.32. The smallest absolute Gasteiger partial charge is 0.241 e. The molecule has 1 aliphatic rings. The van der Waals surface area contributed by atoms with E-state index in [1.807, 2.05) is 65.6 Å². The molecule has 1 fully saturated rings. The Morgan fingerprint density at radius 2 is 1.54 bits per heavy atom. The zero-order valence-corrected chi connectivity index (χ0v) is 16.7. The second-order valence-corrected chi connectivity index (χ2v) is 9.24. The SMILES string of the molecule is O=C(NCCCNc1ccccc1)C(c1ccccc1)N1CCS(=O)(=O)CC1. The van der Waals surface area contributed by atoms with Crippen molar-refractivity contribution in [1.82, 2.24) is 10.2 Å². The standard InChI is InChI=1S/C21H27N3O3S/c25-21(23-13-7-12-22-19-10-5-2-6-11-19)20(18-8-3-1-4-9-18)24-14-16-28(26,27)17-15-24/h1-6,8-11,20,22H,7,12-17H2,(H,23,25). The van der Waals surface area contributed by atoms with Gasteiger partial charge in [-0.25, -0.2) is 8.42 Å². The van der Waals surface area contributed by atoms with Gasteiger partial charge in [0.15, 0.2) is 9.84 Å². The highest BCUT2D eigenvalue weighted by molar-refractivity contribution is 7.91. The van der Waals surface area contributed by atoms with Crippen LogP contribution in [0.5, 0.6) is 0 Å². The van der Waals surface area contributed by atoms with Gasteiger partial charge in [0, 0.05) is 31.9 Å². The fourth-order valence-electron chi connectivity index (χ4n) is 3.33. The molecule has 3 rings (SSSR count). The Hall–Kier alpha value is -2.38. The molecule has 1 unspecified atom stereocenters. The van der Waals surface area contributed by atoms with E-state index in [2.05, 4.69) is 10.6 Å². The third kappa shape index (κ3) is 5.81. The number of hydrogen-bond acceptors (Lipinski definition) is 5. The number of carbonyl (C=O) groups excluding carboxylic acids is 1. The minimum absolute atomic E-state index is 0.0785. The summed E-state index contributed by atoms with van der Waals surface area (Å²) in [5.41, 5.74) is 1.95. The first-order valence-electron chi connectivity index (χ1n) is 9.61. The normalized spacial score (nSPS) is 17.6. The van der Waals surface area contributed by atoms with Crippen LogP contribution in [0.15, 0.2) is 60.7 Å². The van der Waals surface area contributed by atoms with E-state index in [0.717, 1.165) is 24.2 Å². The molecule has 1 amide bonds. The molecule has 6 nitrogen and oxygen atoms in total. The van der Waals surface area contributed by atoms with Crippen molar-refractivity contribution in [3.8, 4) is 0 Å². The molecule has 0 aliphatic carbocycles. The van der Waals surface area contributed by atoms with Crippen molar-refractivity contribution in [2.24, 2.45) is 0 Å². The zero-order chi connectivity index (χ0) is 19.8. The van der Waals surface area contributed by atoms with Crippen LogP contribution in [0, 0.1) is 0 Å². The fraction of sp³-hybridized carbons (Fsp3) is 0.381. The first-order chi connectivity index (χ1) is 13.6. The number of sulfone groups is 1. The van der Waals surface area contributed by atoms with Crippen molar-refractivity contribution in [2.75, 3.05) is 43.0 Å². The van der Waals surface area contributed by atoms with E-state index in [1.165, 1.54) is 0 Å². The van der Waals surface area contributed by atoms with E-state index in [1.54, 1.807) is 0 Å². The molecule has 2 aromatic rings. The highest BCUT2D eigenvalue weighted by Crippen LogP contribution is 2.23. The van der Waals surface area contributed by atoms with E-state index in [-0.39, 0.29) is 17.4 Å². The minimum Gasteiger partial charge on any atom is -0.385 e. The molecular weight excluding hydrogens is 374 g/mol. The van der Waals surface area contributed by atoms with Gasteiger partial charge in [0.05, 0.1) is 11.5 Å². The fourth-order valence-corrected chi connectivity index (χ4v) is 4.56. The molecule has 0 bridgehead atoms. The number of para-hydroxylation sites is 1. The summed E-state index contributed by atoms with van der Waals surface area (Å²) in [6.45, 7) is 2.09. The van der Waals surface area contributed by atoms with Gasteiger partial charge in [-0.2, -0.15) is 0 Å². The Labute approximate surface area is 166 Å². The van der Waals surface area contributed by atoms with Crippen LogP contribution >= 0.6 is 0 Å². The summed E-state index contributed by atoms with van der Waals surface area (Å²) < 4.78 is 23.5. The number of amides is 1. The maximum atomic E-state index is 12.9. The Balaban J connectivity index is 1.55. The molecule has 2 N–H and O–H groups in total. The van der Waals surface area contributed by atoms with Gasteiger partial charge < -0.3 is 10.6 Å². The van der Waals surface area contributed by atoms with Crippen LogP contribution in [0.2, 0.25) is 0 Å². The predicted octanol–water partition coefficient (Wildman–Crippen LogP) is 2.08. The first kappa shape index (κ1) is 20.4. The van der Waals surface area contributed by atoms with Crippen LogP contribution in [-0.2, 0) is 14.6 Å². The lowest BCUT2D eigenvalue weighted by Crippen LogP contribution is -2.47. The van der Waals surface area contributed by atoms with Gasteiger partial charge in [-0.1, -0.05) is 48.5 Å². The van der Waals surface area contributed by atoms with Crippen molar-refractivity contribution < 1.29 is 13.2 Å². The van der Waals surface area contributed by atoms with Gasteiger partial charge in [-0.3, -0.25) is 9.69 Å². The molecule has 1 aliphatic heterocycles. The molecule has 1 saturated heterocycles. The van der Waals surface area contributed by atoms with Gasteiger partial charge in [0.2, 0.25) is 5.91 Å². The average molecular weight is 402 g/mol. The van der Waals surface area contributed by atoms with Crippen LogP contribution in [0.1, 0.15) is 18.0 Å². The number of nitrogens with zero attached hydrogens (tertiary/aromatic N) is 1. The van der Waals surface area contributed by atoms with E-state index in [0.29, 0.717) is 19.6 Å². The van der Waals surface area contributed by atoms with Gasteiger partial charge in [0.1, 0.15) is 6.04 Å². The van der Waals surface area contributed by atoms with Gasteiger partial charge in [-0.15, -0.1) is 0 Å². The number of hydrogen-bond donors (Lipinski definition) is 2. The zero-order valence-electron chi connectivity index (χ0n) is 15.9. The van der Waals surface area contributed by atoms with E-state index >= 15 is 0 Å². The van der Waals surface area contributed by atoms with Crippen LogP contribution < -0.4 is 10.6 Å². The van der Waals surface area contributed by atoms with Crippen LogP contribution in [-0.4, -0.2) is 56.9 Å². The van der Waals surface area contributed by atoms with Crippen molar-refractivity contribution in [3.63, 3.8) is 0 Å². The molecule has 2 aromatic carbocycles. The van der Waals surface area contributed by atoms with Crippen molar-refractivity contribution in [3.05, 3.63) is 66.2 Å². The van der Waals surface area contributed by atoms with Crippen molar-refractivity contribution in [2.45, 2.75) is 12.5 Å². The Morgan fingerprint density at radius 1 is 0.929 bits per heavy atom. The second-order valence-electron chi connectivity index (χ2n) is 6.94. The Bertz CT molecular complexity index is 843. The van der Waals surface area contributed by atoms with E-state index in [4.69, 9.17) is 0 Å². The summed E-state index contributed by atoms with van der Waals surface area (Å²) in [5.74, 6) is 0.125. The molecule has 0 aromatic heterocycles. The van der Waals surface area contributed by atoms with Gasteiger partial charge in [0.25, 0.3) is 0 Å². The summed E-state index contributed by atoms with van der Waals surface area (Å²) in [6, 6.07) is 19.0. The second kappa shape index (κ2) is 9.71. The molecule has 1 atom stereocenters. The van der Waals surface area contributed by atoms with Crippen LogP contribution in [0.25, 0.3) is 0 Å². The molecule has 7 heteroatoms. The predicted molar refractivity (Wildman–Crippen MR) is 112 cm³/mol. The number of anilines is 1. The summed E-state index contributed by atoms with van der Waals surface area (Å²) >= 11 is 0. The maximum Gasteiger partial charge on any atom is 0.241 e. The van der Waals surface area contributed by atoms with Crippen molar-refractivity contribution >= 4 is 21.4 Å². The summed E-state index contributed by atoms with van der Waals surface area (Å²) in [5, 5.41) is 6.34. The van der Waals surface area contributed by atoms with E-state index in [9.17, 15) is 13.2 Å². The quantitative estimate of drug-likeness (QED) is 0.662. The summed E-state index contributed by atoms with van der Waals surface area (Å²) in [7, 11) is -2.99. The van der Waals surface area contributed by atoms with Crippen LogP contribution in [0.3, 0.4) is 0 Å². The summed E-state index contributed by atoms with van der Waals surface area (Å²) in [4.78, 5) is 14.9. The van der Waals surface area contributed by atoms with Gasteiger partial charge >= 0.3 is 0 Å². The lowest BCUT2D eigenvalue weighted by molar-refractivity contribution is -0.126.